The Balaban J connectivity index is 1.40. The van der Waals surface area contributed by atoms with E-state index in [1.807, 2.05) is 60.7 Å². The fourth-order valence-electron chi connectivity index (χ4n) is 6.15. The van der Waals surface area contributed by atoms with E-state index in [0.29, 0.717) is 32.1 Å². The Morgan fingerprint density at radius 1 is 1.19 bits per heavy atom. The fraction of sp³-hybridized carbons (Fsp3) is 0.400. The van der Waals surface area contributed by atoms with Crippen LogP contribution in [0.4, 0.5) is 5.82 Å². The number of sulfonamides is 1. The topological polar surface area (TPSA) is 131 Å². The summed E-state index contributed by atoms with van der Waals surface area (Å²) in [6, 6.07) is 12.8. The van der Waals surface area contributed by atoms with E-state index in [-0.39, 0.29) is 30.4 Å². The average Bonchev–Trinajstić information content (AvgIpc) is 3.38. The van der Waals surface area contributed by atoms with Gasteiger partial charge in [0.2, 0.25) is 10.0 Å². The monoisotopic (exact) mass is 590 g/mol. The van der Waals surface area contributed by atoms with Crippen molar-refractivity contribution in [1.29, 1.82) is 0 Å². The van der Waals surface area contributed by atoms with E-state index in [2.05, 4.69) is 15.3 Å². The highest BCUT2D eigenvalue weighted by molar-refractivity contribution is 7.89. The van der Waals surface area contributed by atoms with Gasteiger partial charge in [-0.25, -0.2) is 18.1 Å². The van der Waals surface area contributed by atoms with E-state index in [9.17, 15) is 18.3 Å². The van der Waals surface area contributed by atoms with Crippen molar-refractivity contribution >= 4 is 32.8 Å². The number of carboxylic acid groups (broad SMARTS) is 1. The molecule has 2 aromatic carbocycles. The molecular formula is C30H34N6O5S. The van der Waals surface area contributed by atoms with Crippen LogP contribution in [0.15, 0.2) is 53.6 Å². The molecule has 11 nitrogen and oxygen atoms in total. The molecule has 6 rings (SSSR count). The second-order valence-corrected chi connectivity index (χ2v) is 12.8. The molecule has 42 heavy (non-hydrogen) atoms. The molecule has 2 atom stereocenters. The minimum atomic E-state index is -3.87. The molecule has 0 bridgehead atoms. The number of ether oxygens (including phenoxy) is 1. The molecule has 4 aromatic rings. The molecule has 12 heteroatoms. The number of nitrogens with zero attached hydrogens (tertiary/aromatic N) is 6. The number of aliphatic carboxylic acids is 1. The number of fused-ring (bicyclic) bond motifs is 4. The molecule has 1 N–H and O–H groups in total. The predicted molar refractivity (Wildman–Crippen MR) is 157 cm³/mol. The lowest BCUT2D eigenvalue weighted by Crippen LogP contribution is -2.50. The van der Waals surface area contributed by atoms with Crippen molar-refractivity contribution in [3.8, 4) is 0 Å². The van der Waals surface area contributed by atoms with Crippen molar-refractivity contribution in [3.63, 3.8) is 0 Å². The first-order chi connectivity index (χ1) is 20.2. The highest BCUT2D eigenvalue weighted by atomic mass is 32.2. The number of anilines is 1. The summed E-state index contributed by atoms with van der Waals surface area (Å²) in [4.78, 5) is 18.8. The number of carbonyl (C=O) groups is 1. The summed E-state index contributed by atoms with van der Waals surface area (Å²) in [5.74, 6) is -0.910. The Hall–Kier alpha value is -3.87. The molecule has 220 valence electrons. The molecule has 2 aliphatic heterocycles. The Morgan fingerprint density at radius 3 is 2.81 bits per heavy atom. The summed E-state index contributed by atoms with van der Waals surface area (Å²) >= 11 is 0. The van der Waals surface area contributed by atoms with Crippen LogP contribution in [0.1, 0.15) is 47.1 Å². The minimum absolute atomic E-state index is 0.119. The van der Waals surface area contributed by atoms with Gasteiger partial charge in [0.1, 0.15) is 16.2 Å². The maximum atomic E-state index is 14.0. The van der Waals surface area contributed by atoms with Gasteiger partial charge in [0.05, 0.1) is 31.2 Å². The van der Waals surface area contributed by atoms with Crippen molar-refractivity contribution in [3.05, 3.63) is 76.5 Å². The highest BCUT2D eigenvalue weighted by Gasteiger charge is 2.39. The lowest BCUT2D eigenvalue weighted by molar-refractivity contribution is -0.137. The Labute approximate surface area is 244 Å². The summed E-state index contributed by atoms with van der Waals surface area (Å²) < 4.78 is 37.0. The van der Waals surface area contributed by atoms with Gasteiger partial charge in [0, 0.05) is 38.3 Å². The van der Waals surface area contributed by atoms with Crippen molar-refractivity contribution < 1.29 is 23.1 Å². The van der Waals surface area contributed by atoms with E-state index in [1.165, 1.54) is 4.31 Å². The number of benzene rings is 2. The van der Waals surface area contributed by atoms with Gasteiger partial charge < -0.3 is 14.7 Å². The molecular weight excluding hydrogens is 556 g/mol. The molecule has 0 saturated carbocycles. The van der Waals surface area contributed by atoms with Gasteiger partial charge >= 0.3 is 5.97 Å². The maximum absolute atomic E-state index is 14.0. The zero-order valence-corrected chi connectivity index (χ0v) is 24.7. The number of rotatable bonds is 7. The molecule has 1 fully saturated rings. The molecule has 1 saturated heterocycles. The van der Waals surface area contributed by atoms with Crippen LogP contribution in [0.5, 0.6) is 0 Å². The van der Waals surface area contributed by atoms with E-state index in [1.54, 1.807) is 18.3 Å². The number of aromatic nitrogens is 4. The summed E-state index contributed by atoms with van der Waals surface area (Å²) in [5.41, 5.74) is 5.95. The third-order valence-corrected chi connectivity index (χ3v) is 10.3. The van der Waals surface area contributed by atoms with Gasteiger partial charge in [0.25, 0.3) is 0 Å². The predicted octanol–water partition coefficient (Wildman–Crippen LogP) is 3.48. The first-order valence-electron chi connectivity index (χ1n) is 14.1. The lowest BCUT2D eigenvalue weighted by Gasteiger charge is -2.36. The summed E-state index contributed by atoms with van der Waals surface area (Å²) in [6.45, 7) is 8.46. The van der Waals surface area contributed by atoms with Crippen LogP contribution >= 0.6 is 0 Å². The normalized spacial score (nSPS) is 19.2. The van der Waals surface area contributed by atoms with Gasteiger partial charge in [-0.3, -0.25) is 4.79 Å². The SMILES string of the molecule is CCn1nnc2c(C)c([C@@H](CC(=O)O)c3ccc(C)c(CN4CC5COCCN5c5ncccc5S4(=O)=O)c3)ccc21. The zero-order valence-electron chi connectivity index (χ0n) is 23.9. The van der Waals surface area contributed by atoms with Crippen LogP contribution in [0.3, 0.4) is 0 Å². The van der Waals surface area contributed by atoms with Gasteiger partial charge in [-0.2, -0.15) is 4.31 Å². The fourth-order valence-corrected chi connectivity index (χ4v) is 7.76. The first kappa shape index (κ1) is 28.3. The smallest absolute Gasteiger partial charge is 0.304 e. The Morgan fingerprint density at radius 2 is 2.02 bits per heavy atom. The summed E-state index contributed by atoms with van der Waals surface area (Å²) in [6.07, 6.45) is 1.50. The van der Waals surface area contributed by atoms with E-state index < -0.39 is 21.9 Å². The minimum Gasteiger partial charge on any atom is -0.481 e. The largest absolute Gasteiger partial charge is 0.481 e. The first-order valence-corrected chi connectivity index (χ1v) is 15.6. The van der Waals surface area contributed by atoms with Crippen molar-refractivity contribution in [2.45, 2.75) is 57.1 Å². The third kappa shape index (κ3) is 4.93. The van der Waals surface area contributed by atoms with E-state index >= 15 is 0 Å². The zero-order chi connectivity index (χ0) is 29.6. The second-order valence-electron chi connectivity index (χ2n) is 10.9. The molecule has 0 amide bonds. The van der Waals surface area contributed by atoms with Crippen molar-refractivity contribution in [2.75, 3.05) is 31.2 Å². The molecule has 2 aliphatic rings. The van der Waals surface area contributed by atoms with Gasteiger partial charge in [-0.05, 0) is 66.8 Å². The quantitative estimate of drug-likeness (QED) is 0.344. The molecule has 0 radical (unpaired) electrons. The van der Waals surface area contributed by atoms with Crippen LogP contribution in [-0.2, 0) is 32.6 Å². The summed E-state index contributed by atoms with van der Waals surface area (Å²) in [7, 11) is -3.87. The van der Waals surface area contributed by atoms with Crippen LogP contribution in [0.25, 0.3) is 11.0 Å². The number of pyridine rings is 1. The van der Waals surface area contributed by atoms with Crippen LogP contribution in [0, 0.1) is 13.8 Å². The number of hydrogen-bond acceptors (Lipinski definition) is 8. The Kier molecular flexibility index (Phi) is 7.46. The number of aryl methyl sites for hydroxylation is 3. The average molecular weight is 591 g/mol. The van der Waals surface area contributed by atoms with E-state index in [4.69, 9.17) is 4.74 Å². The lowest BCUT2D eigenvalue weighted by atomic mass is 9.84. The number of hydrogen-bond donors (Lipinski definition) is 1. The van der Waals surface area contributed by atoms with Crippen molar-refractivity contribution in [1.82, 2.24) is 24.3 Å². The van der Waals surface area contributed by atoms with Crippen molar-refractivity contribution in [2.24, 2.45) is 0 Å². The standard InChI is InChI=1S/C30H34N6O5S/c1-4-36-26-10-9-24(20(3)29(26)32-33-36)25(15-28(37)38)21-8-7-19(2)22(14-21)16-34-17-23-18-41-13-12-35(23)30-27(42(34,39)40)6-5-11-31-30/h5-11,14,23,25H,4,12-13,15-18H2,1-3H3,(H,37,38)/t23?,25-/m0/s1. The van der Waals surface area contributed by atoms with Gasteiger partial charge in [-0.15, -0.1) is 5.10 Å². The highest BCUT2D eigenvalue weighted by Crippen LogP contribution is 2.36. The molecule has 0 spiro atoms. The molecule has 0 aliphatic carbocycles. The van der Waals surface area contributed by atoms with E-state index in [0.717, 1.165) is 38.9 Å². The second kappa shape index (κ2) is 11.1. The van der Waals surface area contributed by atoms with Crippen LogP contribution in [-0.4, -0.2) is 76.1 Å². The molecule has 2 aromatic heterocycles. The van der Waals surface area contributed by atoms with Gasteiger partial charge in [-0.1, -0.05) is 29.5 Å². The molecule has 4 heterocycles. The third-order valence-electron chi connectivity index (χ3n) is 8.44. The van der Waals surface area contributed by atoms with Crippen LogP contribution < -0.4 is 4.90 Å². The number of morpholine rings is 1. The maximum Gasteiger partial charge on any atom is 0.304 e. The molecule has 1 unspecified atom stereocenters. The number of carboxylic acids is 1. The summed E-state index contributed by atoms with van der Waals surface area (Å²) in [5, 5.41) is 18.5. The van der Waals surface area contributed by atoms with Gasteiger partial charge in [0.15, 0.2) is 0 Å². The Bertz CT molecular complexity index is 1770. The van der Waals surface area contributed by atoms with Crippen LogP contribution in [0.2, 0.25) is 0 Å².